The Kier molecular flexibility index (Phi) is 4.55. The van der Waals surface area contributed by atoms with Crippen LogP contribution in [0.2, 0.25) is 0 Å². The number of hydrogen-bond donors (Lipinski definition) is 0. The second-order valence-electron chi connectivity index (χ2n) is 8.44. The first-order chi connectivity index (χ1) is 16.2. The lowest BCUT2D eigenvalue weighted by Gasteiger charge is -2.18. The molecule has 5 aromatic rings. The minimum absolute atomic E-state index is 0.00936. The van der Waals surface area contributed by atoms with Gasteiger partial charge in [-0.3, -0.25) is 9.59 Å². The molecule has 1 aliphatic rings. The molecule has 6 rings (SSSR count). The summed E-state index contributed by atoms with van der Waals surface area (Å²) in [5, 5.41) is 1.53. The average molecular weight is 428 g/mol. The first-order valence-electron chi connectivity index (χ1n) is 11.1. The van der Waals surface area contributed by atoms with Crippen LogP contribution in [0, 0.1) is 0 Å². The Bertz CT molecular complexity index is 1580. The maximum atomic E-state index is 13.7. The van der Waals surface area contributed by atoms with Crippen LogP contribution in [0.5, 0.6) is 0 Å². The molecule has 0 spiro atoms. The number of hydrogen-bond acceptors (Lipinski definition) is 2. The van der Waals surface area contributed by atoms with Crippen LogP contribution in [0.25, 0.3) is 33.2 Å². The highest BCUT2D eigenvalue weighted by atomic mass is 16.1. The second-order valence-corrected chi connectivity index (χ2v) is 8.44. The highest BCUT2D eigenvalue weighted by Crippen LogP contribution is 2.42. The van der Waals surface area contributed by atoms with E-state index in [1.807, 2.05) is 83.4 Å². The normalized spacial score (nSPS) is 11.9. The van der Waals surface area contributed by atoms with Crippen LogP contribution >= 0.6 is 0 Å². The third kappa shape index (κ3) is 3.13. The Morgan fingerprint density at radius 3 is 2.24 bits per heavy atom. The van der Waals surface area contributed by atoms with E-state index in [2.05, 4.69) is 24.3 Å². The number of carbonyl (C=O) groups is 1. The molecule has 0 atom stereocenters. The van der Waals surface area contributed by atoms with Crippen molar-refractivity contribution in [3.8, 4) is 22.4 Å². The molecule has 158 valence electrons. The van der Waals surface area contributed by atoms with E-state index in [9.17, 15) is 9.59 Å². The van der Waals surface area contributed by atoms with Gasteiger partial charge >= 0.3 is 0 Å². The van der Waals surface area contributed by atoms with Crippen LogP contribution in [0.15, 0.2) is 108 Å². The number of fused-ring (bicyclic) bond motifs is 4. The molecule has 3 heteroatoms. The number of aromatic nitrogens is 1. The number of rotatable bonds is 4. The van der Waals surface area contributed by atoms with Gasteiger partial charge in [-0.05, 0) is 22.8 Å². The van der Waals surface area contributed by atoms with Gasteiger partial charge in [-0.15, -0.1) is 0 Å². The van der Waals surface area contributed by atoms with Gasteiger partial charge in [-0.25, -0.2) is 0 Å². The van der Waals surface area contributed by atoms with Crippen molar-refractivity contribution in [3.05, 3.63) is 130 Å². The molecule has 2 heterocycles. The maximum absolute atomic E-state index is 13.7. The zero-order valence-corrected chi connectivity index (χ0v) is 18.0. The summed E-state index contributed by atoms with van der Waals surface area (Å²) < 4.78 is 1.89. The molecule has 0 amide bonds. The van der Waals surface area contributed by atoms with Gasteiger partial charge in [0.2, 0.25) is 0 Å². The first-order valence-corrected chi connectivity index (χ1v) is 11.1. The second kappa shape index (κ2) is 7.72. The molecule has 0 N–H and O–H groups in total. The molecule has 1 aromatic heterocycles. The van der Waals surface area contributed by atoms with Crippen molar-refractivity contribution in [1.82, 2.24) is 4.57 Å². The highest BCUT2D eigenvalue weighted by Gasteiger charge is 2.27. The quantitative estimate of drug-likeness (QED) is 0.318. The van der Waals surface area contributed by atoms with Crippen LogP contribution in [0.4, 0.5) is 0 Å². The first kappa shape index (κ1) is 19.4. The largest absolute Gasteiger partial charge is 0.303 e. The summed E-state index contributed by atoms with van der Waals surface area (Å²) in [6.07, 6.45) is 0.242. The summed E-state index contributed by atoms with van der Waals surface area (Å²) in [6, 6.07) is 33.5. The molecule has 0 unspecified atom stereocenters. The number of nitrogens with zero attached hydrogens (tertiary/aromatic N) is 1. The minimum atomic E-state index is -0.00936. The Hall–Kier alpha value is -4.24. The number of carbonyl (C=O) groups excluding carboxylic acids is 1. The molecular weight excluding hydrogens is 406 g/mol. The summed E-state index contributed by atoms with van der Waals surface area (Å²) in [5.74, 6) is 0.0445. The number of Topliss-reactive ketones (excluding diaryl/α,β-unsaturated/α-hetero) is 1. The molecule has 0 aliphatic carbocycles. The van der Waals surface area contributed by atoms with Crippen molar-refractivity contribution in [2.24, 2.45) is 0 Å². The van der Waals surface area contributed by atoms with E-state index in [-0.39, 0.29) is 17.8 Å². The van der Waals surface area contributed by atoms with Crippen LogP contribution in [-0.4, -0.2) is 10.4 Å². The fourth-order valence-electron chi connectivity index (χ4n) is 5.00. The van der Waals surface area contributed by atoms with Crippen LogP contribution in [0.3, 0.4) is 0 Å². The minimum Gasteiger partial charge on any atom is -0.303 e. The molecule has 1 aliphatic heterocycles. The topological polar surface area (TPSA) is 39.1 Å². The van der Waals surface area contributed by atoms with E-state index < -0.39 is 0 Å². The smallest absolute Gasteiger partial charge is 0.259 e. The van der Waals surface area contributed by atoms with Crippen molar-refractivity contribution < 1.29 is 4.79 Å². The summed E-state index contributed by atoms with van der Waals surface area (Å²) in [4.78, 5) is 26.8. The van der Waals surface area contributed by atoms with Gasteiger partial charge in [0, 0.05) is 33.9 Å². The van der Waals surface area contributed by atoms with Crippen molar-refractivity contribution in [1.29, 1.82) is 0 Å². The van der Waals surface area contributed by atoms with Crippen molar-refractivity contribution in [2.45, 2.75) is 13.0 Å². The fraction of sp³-hybridized carbons (Fsp3) is 0.0667. The highest BCUT2D eigenvalue weighted by molar-refractivity contribution is 6.08. The molecule has 3 nitrogen and oxygen atoms in total. The van der Waals surface area contributed by atoms with Crippen LogP contribution in [0.1, 0.15) is 21.5 Å². The van der Waals surface area contributed by atoms with E-state index in [4.69, 9.17) is 0 Å². The summed E-state index contributed by atoms with van der Waals surface area (Å²) in [6.45, 7) is 0.563. The predicted molar refractivity (Wildman–Crippen MR) is 133 cm³/mol. The van der Waals surface area contributed by atoms with Gasteiger partial charge in [0.1, 0.15) is 0 Å². The van der Waals surface area contributed by atoms with Gasteiger partial charge in [0.05, 0.1) is 12.2 Å². The Labute approximate surface area is 191 Å². The van der Waals surface area contributed by atoms with Crippen molar-refractivity contribution in [2.75, 3.05) is 0 Å². The van der Waals surface area contributed by atoms with E-state index in [1.165, 1.54) is 0 Å². The van der Waals surface area contributed by atoms with Gasteiger partial charge in [-0.2, -0.15) is 0 Å². The van der Waals surface area contributed by atoms with E-state index in [0.717, 1.165) is 38.9 Å². The SMILES string of the molecule is O=C(Cc1cccc2c(=O)n3c(c(-c4ccccc4)c12)-c1ccccc1C3)c1ccccc1. The van der Waals surface area contributed by atoms with Crippen LogP contribution < -0.4 is 5.56 Å². The van der Waals surface area contributed by atoms with Gasteiger partial charge in [0.15, 0.2) is 5.78 Å². The van der Waals surface area contributed by atoms with Crippen LogP contribution in [-0.2, 0) is 13.0 Å². The lowest BCUT2D eigenvalue weighted by atomic mass is 9.89. The molecule has 0 saturated heterocycles. The zero-order chi connectivity index (χ0) is 22.4. The lowest BCUT2D eigenvalue weighted by molar-refractivity contribution is 0.0993. The predicted octanol–water partition coefficient (Wildman–Crippen LogP) is 6.12. The molecular formula is C30H21NO2. The Morgan fingerprint density at radius 2 is 1.45 bits per heavy atom. The summed E-state index contributed by atoms with van der Waals surface area (Å²) >= 11 is 0. The Morgan fingerprint density at radius 1 is 0.758 bits per heavy atom. The maximum Gasteiger partial charge on any atom is 0.259 e. The van der Waals surface area contributed by atoms with Crippen molar-refractivity contribution >= 4 is 16.6 Å². The van der Waals surface area contributed by atoms with Crippen molar-refractivity contribution in [3.63, 3.8) is 0 Å². The third-order valence-electron chi connectivity index (χ3n) is 6.49. The molecule has 4 aromatic carbocycles. The fourth-order valence-corrected chi connectivity index (χ4v) is 5.00. The molecule has 0 fully saturated rings. The molecule has 0 bridgehead atoms. The van der Waals surface area contributed by atoms with E-state index >= 15 is 0 Å². The van der Waals surface area contributed by atoms with Gasteiger partial charge in [0.25, 0.3) is 5.56 Å². The average Bonchev–Trinajstić information content (AvgIpc) is 3.26. The van der Waals surface area contributed by atoms with Gasteiger partial charge in [-0.1, -0.05) is 97.1 Å². The standard InChI is InChI=1S/C30H21NO2/c32-26(20-10-3-1-4-11-20)18-22-15-9-17-25-27(22)28(21-12-5-2-6-13-21)29-24-16-8-7-14-23(24)19-31(29)30(25)33/h1-17H,18-19H2. The Balaban J connectivity index is 1.68. The number of pyridine rings is 1. The molecule has 0 saturated carbocycles. The summed E-state index contributed by atoms with van der Waals surface area (Å²) in [5.41, 5.74) is 6.78. The lowest BCUT2D eigenvalue weighted by Crippen LogP contribution is -2.20. The van der Waals surface area contributed by atoms with E-state index in [1.54, 1.807) is 0 Å². The summed E-state index contributed by atoms with van der Waals surface area (Å²) in [7, 11) is 0. The monoisotopic (exact) mass is 427 g/mol. The number of ketones is 1. The third-order valence-corrected chi connectivity index (χ3v) is 6.49. The zero-order valence-electron chi connectivity index (χ0n) is 18.0. The van der Waals surface area contributed by atoms with Gasteiger partial charge < -0.3 is 4.57 Å². The number of benzene rings is 4. The molecule has 0 radical (unpaired) electrons. The molecule has 33 heavy (non-hydrogen) atoms. The van der Waals surface area contributed by atoms with E-state index in [0.29, 0.717) is 17.5 Å².